The standard InChI is InChI=1S/C19H16BrNO4/c1-12-19(15-7-2-3-8-16(15)21-12)17(22)10-25-18(23)11-24-14-6-4-5-13(20)9-14/h2-9,21H,10-11H2,1H3. The van der Waals surface area contributed by atoms with Crippen LogP contribution < -0.4 is 4.74 Å². The Morgan fingerprint density at radius 1 is 1.08 bits per heavy atom. The summed E-state index contributed by atoms with van der Waals surface area (Å²) in [5, 5.41) is 0.825. The zero-order valence-corrected chi connectivity index (χ0v) is 15.1. The molecule has 0 spiro atoms. The van der Waals surface area contributed by atoms with Gasteiger partial charge in [0.15, 0.2) is 13.2 Å². The van der Waals surface area contributed by atoms with Gasteiger partial charge in [-0.25, -0.2) is 4.79 Å². The van der Waals surface area contributed by atoms with Crippen LogP contribution in [0, 0.1) is 6.92 Å². The lowest BCUT2D eigenvalue weighted by atomic mass is 10.1. The Balaban J connectivity index is 1.58. The van der Waals surface area contributed by atoms with E-state index in [-0.39, 0.29) is 19.0 Å². The van der Waals surface area contributed by atoms with Crippen molar-refractivity contribution >= 4 is 38.6 Å². The highest BCUT2D eigenvalue weighted by Gasteiger charge is 2.17. The first kappa shape index (κ1) is 17.2. The molecular formula is C19H16BrNO4. The third kappa shape index (κ3) is 4.09. The molecule has 0 saturated carbocycles. The molecule has 0 aliphatic carbocycles. The number of nitrogens with one attached hydrogen (secondary N) is 1. The molecule has 6 heteroatoms. The average Bonchev–Trinajstić information content (AvgIpc) is 2.93. The van der Waals surface area contributed by atoms with Gasteiger partial charge in [-0.15, -0.1) is 0 Å². The molecule has 1 heterocycles. The van der Waals surface area contributed by atoms with Crippen LogP contribution >= 0.6 is 15.9 Å². The van der Waals surface area contributed by atoms with Gasteiger partial charge in [-0.2, -0.15) is 0 Å². The fourth-order valence-corrected chi connectivity index (χ4v) is 2.97. The minimum absolute atomic E-state index is 0.245. The Labute approximate surface area is 153 Å². The summed E-state index contributed by atoms with van der Waals surface area (Å²) in [7, 11) is 0. The van der Waals surface area contributed by atoms with Crippen molar-refractivity contribution in [1.82, 2.24) is 4.98 Å². The minimum atomic E-state index is -0.592. The Bertz CT molecular complexity index is 932. The van der Waals surface area contributed by atoms with Crippen molar-refractivity contribution in [1.29, 1.82) is 0 Å². The van der Waals surface area contributed by atoms with E-state index in [1.54, 1.807) is 18.2 Å². The maximum Gasteiger partial charge on any atom is 0.344 e. The van der Waals surface area contributed by atoms with E-state index < -0.39 is 5.97 Å². The van der Waals surface area contributed by atoms with E-state index >= 15 is 0 Å². The van der Waals surface area contributed by atoms with Crippen LogP contribution in [0.1, 0.15) is 16.1 Å². The Morgan fingerprint density at radius 3 is 2.68 bits per heavy atom. The lowest BCUT2D eigenvalue weighted by Gasteiger charge is -2.07. The number of hydrogen-bond donors (Lipinski definition) is 1. The summed E-state index contributed by atoms with van der Waals surface area (Å²) in [5.41, 5.74) is 2.19. The number of Topliss-reactive ketones (excluding diaryl/α,β-unsaturated/α-hetero) is 1. The molecule has 0 bridgehead atoms. The van der Waals surface area contributed by atoms with Crippen molar-refractivity contribution in [2.24, 2.45) is 0 Å². The van der Waals surface area contributed by atoms with Gasteiger partial charge in [-0.3, -0.25) is 4.79 Å². The predicted octanol–water partition coefficient (Wildman–Crippen LogP) is 4.04. The number of H-pyrrole nitrogens is 1. The number of para-hydroxylation sites is 1. The molecule has 25 heavy (non-hydrogen) atoms. The van der Waals surface area contributed by atoms with Crippen molar-refractivity contribution < 1.29 is 19.1 Å². The molecule has 0 radical (unpaired) electrons. The average molecular weight is 402 g/mol. The summed E-state index contributed by atoms with van der Waals surface area (Å²) in [6.07, 6.45) is 0. The highest BCUT2D eigenvalue weighted by Crippen LogP contribution is 2.22. The van der Waals surface area contributed by atoms with Crippen molar-refractivity contribution in [3.63, 3.8) is 0 Å². The second-order valence-electron chi connectivity index (χ2n) is 5.50. The third-order valence-electron chi connectivity index (χ3n) is 3.69. The second-order valence-corrected chi connectivity index (χ2v) is 6.42. The Hall–Kier alpha value is -2.60. The molecule has 0 amide bonds. The molecule has 3 rings (SSSR count). The number of hydrogen-bond acceptors (Lipinski definition) is 4. The number of benzene rings is 2. The molecule has 0 fully saturated rings. The smallest absolute Gasteiger partial charge is 0.344 e. The molecule has 0 aliphatic rings. The highest BCUT2D eigenvalue weighted by molar-refractivity contribution is 9.10. The Morgan fingerprint density at radius 2 is 1.88 bits per heavy atom. The summed E-state index contributed by atoms with van der Waals surface area (Å²) in [6.45, 7) is 1.26. The van der Waals surface area contributed by atoms with Crippen LogP contribution in [0.25, 0.3) is 10.9 Å². The van der Waals surface area contributed by atoms with Crippen molar-refractivity contribution in [2.75, 3.05) is 13.2 Å². The fraction of sp³-hybridized carbons (Fsp3) is 0.158. The van der Waals surface area contributed by atoms with Crippen LogP contribution in [0.4, 0.5) is 0 Å². The van der Waals surface area contributed by atoms with Crippen LogP contribution in [-0.2, 0) is 9.53 Å². The lowest BCUT2D eigenvalue weighted by molar-refractivity contribution is -0.144. The topological polar surface area (TPSA) is 68.4 Å². The van der Waals surface area contributed by atoms with Crippen LogP contribution in [-0.4, -0.2) is 30.0 Å². The number of ketones is 1. The van der Waals surface area contributed by atoms with E-state index in [0.29, 0.717) is 11.3 Å². The van der Waals surface area contributed by atoms with Gasteiger partial charge in [-0.05, 0) is 31.2 Å². The molecule has 1 N–H and O–H groups in total. The summed E-state index contributed by atoms with van der Waals surface area (Å²) in [6, 6.07) is 14.7. The largest absolute Gasteiger partial charge is 0.482 e. The van der Waals surface area contributed by atoms with Crippen LogP contribution in [0.2, 0.25) is 0 Å². The molecule has 0 atom stereocenters. The number of carbonyl (C=O) groups excluding carboxylic acids is 2. The van der Waals surface area contributed by atoms with E-state index in [4.69, 9.17) is 9.47 Å². The molecule has 0 aliphatic heterocycles. The highest BCUT2D eigenvalue weighted by atomic mass is 79.9. The van der Waals surface area contributed by atoms with E-state index in [1.165, 1.54) is 0 Å². The zero-order valence-electron chi connectivity index (χ0n) is 13.5. The molecule has 5 nitrogen and oxygen atoms in total. The first-order chi connectivity index (χ1) is 12.0. The first-order valence-corrected chi connectivity index (χ1v) is 8.48. The van der Waals surface area contributed by atoms with Gasteiger partial charge in [0.05, 0.1) is 0 Å². The van der Waals surface area contributed by atoms with Crippen LogP contribution in [0.5, 0.6) is 5.75 Å². The van der Waals surface area contributed by atoms with E-state index in [9.17, 15) is 9.59 Å². The fourth-order valence-electron chi connectivity index (χ4n) is 2.59. The second kappa shape index (κ2) is 7.53. The van der Waals surface area contributed by atoms with E-state index in [1.807, 2.05) is 37.3 Å². The number of carbonyl (C=O) groups is 2. The van der Waals surface area contributed by atoms with Crippen molar-refractivity contribution in [3.8, 4) is 5.75 Å². The van der Waals surface area contributed by atoms with Gasteiger partial charge >= 0.3 is 5.97 Å². The summed E-state index contributed by atoms with van der Waals surface area (Å²) >= 11 is 3.32. The molecule has 128 valence electrons. The SMILES string of the molecule is Cc1[nH]c2ccccc2c1C(=O)COC(=O)COc1cccc(Br)c1. The molecule has 0 saturated heterocycles. The number of aryl methyl sites for hydroxylation is 1. The van der Waals surface area contributed by atoms with Gasteiger partial charge in [-0.1, -0.05) is 40.2 Å². The van der Waals surface area contributed by atoms with Gasteiger partial charge < -0.3 is 14.5 Å². The summed E-state index contributed by atoms with van der Waals surface area (Å²) in [4.78, 5) is 27.4. The summed E-state index contributed by atoms with van der Waals surface area (Å²) in [5.74, 6) is -0.290. The number of esters is 1. The number of ether oxygens (including phenoxy) is 2. The van der Waals surface area contributed by atoms with E-state index in [0.717, 1.165) is 21.1 Å². The maximum absolute atomic E-state index is 12.4. The monoisotopic (exact) mass is 401 g/mol. The quantitative estimate of drug-likeness (QED) is 0.499. The number of aromatic nitrogens is 1. The van der Waals surface area contributed by atoms with Crippen molar-refractivity contribution in [3.05, 3.63) is 64.3 Å². The van der Waals surface area contributed by atoms with Crippen molar-refractivity contribution in [2.45, 2.75) is 6.92 Å². The number of aromatic amines is 1. The van der Waals surface area contributed by atoms with Crippen LogP contribution in [0.15, 0.2) is 53.0 Å². The summed E-state index contributed by atoms with van der Waals surface area (Å²) < 4.78 is 11.2. The predicted molar refractivity (Wildman–Crippen MR) is 98.0 cm³/mol. The number of halogens is 1. The van der Waals surface area contributed by atoms with Gasteiger partial charge in [0.25, 0.3) is 0 Å². The van der Waals surface area contributed by atoms with Gasteiger partial charge in [0, 0.05) is 26.6 Å². The van der Waals surface area contributed by atoms with Gasteiger partial charge in [0.1, 0.15) is 5.75 Å². The van der Waals surface area contributed by atoms with Gasteiger partial charge in [0.2, 0.25) is 5.78 Å². The Kier molecular flexibility index (Phi) is 5.19. The molecule has 2 aromatic carbocycles. The molecule has 3 aromatic rings. The molecule has 0 unspecified atom stereocenters. The minimum Gasteiger partial charge on any atom is -0.482 e. The zero-order chi connectivity index (χ0) is 17.8. The first-order valence-electron chi connectivity index (χ1n) is 7.69. The molecular weight excluding hydrogens is 386 g/mol. The van der Waals surface area contributed by atoms with E-state index in [2.05, 4.69) is 20.9 Å². The normalized spacial score (nSPS) is 10.6. The third-order valence-corrected chi connectivity index (χ3v) is 4.18. The number of fused-ring (bicyclic) bond motifs is 1. The lowest BCUT2D eigenvalue weighted by Crippen LogP contribution is -2.19. The maximum atomic E-state index is 12.4. The van der Waals surface area contributed by atoms with Crippen LogP contribution in [0.3, 0.4) is 0 Å². The molecule has 1 aromatic heterocycles. The number of rotatable bonds is 6.